The lowest BCUT2D eigenvalue weighted by Gasteiger charge is -2.27. The van der Waals surface area contributed by atoms with Crippen molar-refractivity contribution in [2.24, 2.45) is 5.92 Å². The Hall–Kier alpha value is -1.82. The van der Waals surface area contributed by atoms with Gasteiger partial charge < -0.3 is 14.8 Å². The smallest absolute Gasteiger partial charge is 0.407 e. The molecule has 0 saturated heterocycles. The number of hydrogen-bond acceptors (Lipinski definition) is 5. The Bertz CT molecular complexity index is 545. The van der Waals surface area contributed by atoms with Gasteiger partial charge >= 0.3 is 12.1 Å². The Morgan fingerprint density at radius 1 is 1.35 bits per heavy atom. The van der Waals surface area contributed by atoms with Gasteiger partial charge in [0.25, 0.3) is 0 Å². The first-order chi connectivity index (χ1) is 11.0. The molecule has 0 radical (unpaired) electrons. The van der Waals surface area contributed by atoms with Crippen LogP contribution < -0.4 is 5.32 Å². The molecule has 1 aromatic heterocycles. The number of alkyl carbamates (subject to hydrolysis) is 1. The maximum absolute atomic E-state index is 11.8. The molecule has 0 bridgehead atoms. The van der Waals surface area contributed by atoms with Crippen molar-refractivity contribution in [3.05, 3.63) is 29.0 Å². The van der Waals surface area contributed by atoms with Gasteiger partial charge in [0.1, 0.15) is 11.3 Å². The fraction of sp³-hybridized carbons (Fsp3) is 0.562. The number of hydrogen-bond donors (Lipinski definition) is 1. The molecule has 1 saturated carbocycles. The van der Waals surface area contributed by atoms with Gasteiger partial charge in [-0.3, -0.25) is 4.79 Å². The van der Waals surface area contributed by atoms with Crippen LogP contribution in [0.3, 0.4) is 0 Å². The average Bonchev–Trinajstić information content (AvgIpc) is 2.53. The highest BCUT2D eigenvalue weighted by molar-refractivity contribution is 6.30. The molecular weight excluding hydrogens is 320 g/mol. The maximum atomic E-state index is 11.8. The number of rotatable bonds is 5. The number of carbonyl (C=O) groups is 2. The largest absolute Gasteiger partial charge is 0.466 e. The Kier molecular flexibility index (Phi) is 6.65. The van der Waals surface area contributed by atoms with Gasteiger partial charge in [-0.05, 0) is 37.7 Å². The number of carbonyl (C=O) groups excluding carboxylic acids is 2. The highest BCUT2D eigenvalue weighted by Crippen LogP contribution is 2.26. The van der Waals surface area contributed by atoms with Crippen LogP contribution in [0.2, 0.25) is 5.15 Å². The number of amides is 1. The van der Waals surface area contributed by atoms with Gasteiger partial charge in [-0.25, -0.2) is 9.78 Å². The first kappa shape index (κ1) is 17.5. The Balaban J connectivity index is 1.67. The van der Waals surface area contributed by atoms with E-state index in [1.807, 2.05) is 0 Å². The van der Waals surface area contributed by atoms with E-state index >= 15 is 0 Å². The number of halogens is 1. The number of nitrogens with zero attached hydrogens (tertiary/aromatic N) is 1. The number of nitrogens with one attached hydrogen (secondary N) is 1. The second-order valence-corrected chi connectivity index (χ2v) is 6.02. The molecule has 0 unspecified atom stereocenters. The van der Waals surface area contributed by atoms with Gasteiger partial charge in [-0.2, -0.15) is 0 Å². The minimum Gasteiger partial charge on any atom is -0.466 e. The van der Waals surface area contributed by atoms with E-state index in [1.165, 1.54) is 6.92 Å². The molecule has 0 atom stereocenters. The summed E-state index contributed by atoms with van der Waals surface area (Å²) in [6.07, 6.45) is 4.40. The van der Waals surface area contributed by atoms with E-state index in [4.69, 9.17) is 21.1 Å². The van der Waals surface area contributed by atoms with E-state index < -0.39 is 6.09 Å². The standard InChI is InChI=1S/C16H21ClN2O4/c1-11(20)22-10-12-4-6-14(7-5-12)23-16(21)19-9-13-3-2-8-18-15(13)17/h2-3,8,12,14H,4-7,9-10H2,1H3,(H,19,21). The molecule has 1 aliphatic rings. The van der Waals surface area contributed by atoms with Crippen molar-refractivity contribution in [1.82, 2.24) is 10.3 Å². The predicted molar refractivity (Wildman–Crippen MR) is 84.9 cm³/mol. The lowest BCUT2D eigenvalue weighted by Crippen LogP contribution is -2.32. The van der Waals surface area contributed by atoms with Gasteiger partial charge in [0.05, 0.1) is 6.61 Å². The number of aromatic nitrogens is 1. The van der Waals surface area contributed by atoms with Gasteiger partial charge in [0.15, 0.2) is 0 Å². The van der Waals surface area contributed by atoms with Crippen molar-refractivity contribution >= 4 is 23.7 Å². The third kappa shape index (κ3) is 6.06. The van der Waals surface area contributed by atoms with Crippen LogP contribution in [0.1, 0.15) is 38.2 Å². The molecule has 126 valence electrons. The van der Waals surface area contributed by atoms with Gasteiger partial charge in [0, 0.05) is 25.2 Å². The highest BCUT2D eigenvalue weighted by Gasteiger charge is 2.24. The van der Waals surface area contributed by atoms with Crippen LogP contribution in [0.25, 0.3) is 0 Å². The molecule has 6 nitrogen and oxygen atoms in total. The van der Waals surface area contributed by atoms with E-state index in [0.717, 1.165) is 31.2 Å². The van der Waals surface area contributed by atoms with E-state index in [-0.39, 0.29) is 18.6 Å². The summed E-state index contributed by atoms with van der Waals surface area (Å²) in [6, 6.07) is 3.56. The molecule has 7 heteroatoms. The van der Waals surface area contributed by atoms with Crippen molar-refractivity contribution in [2.75, 3.05) is 6.61 Å². The first-order valence-electron chi connectivity index (χ1n) is 7.72. The molecular formula is C16H21ClN2O4. The van der Waals surface area contributed by atoms with Crippen molar-refractivity contribution in [3.8, 4) is 0 Å². The minimum atomic E-state index is -0.451. The Labute approximate surface area is 140 Å². The summed E-state index contributed by atoms with van der Waals surface area (Å²) in [7, 11) is 0. The summed E-state index contributed by atoms with van der Waals surface area (Å²) in [4.78, 5) is 26.6. The average molecular weight is 341 g/mol. The fourth-order valence-corrected chi connectivity index (χ4v) is 2.75. The zero-order valence-electron chi connectivity index (χ0n) is 13.1. The lowest BCUT2D eigenvalue weighted by atomic mass is 9.88. The Morgan fingerprint density at radius 2 is 2.09 bits per heavy atom. The van der Waals surface area contributed by atoms with E-state index in [9.17, 15) is 9.59 Å². The molecule has 1 aliphatic carbocycles. The van der Waals surface area contributed by atoms with Crippen molar-refractivity contribution in [2.45, 2.75) is 45.3 Å². The molecule has 2 rings (SSSR count). The Morgan fingerprint density at radius 3 is 2.74 bits per heavy atom. The highest BCUT2D eigenvalue weighted by atomic mass is 35.5. The van der Waals surface area contributed by atoms with Gasteiger partial charge in [-0.15, -0.1) is 0 Å². The molecule has 0 spiro atoms. The molecule has 1 aromatic rings. The minimum absolute atomic E-state index is 0.0899. The summed E-state index contributed by atoms with van der Waals surface area (Å²) in [5.41, 5.74) is 0.746. The van der Waals surface area contributed by atoms with Crippen molar-refractivity contribution in [1.29, 1.82) is 0 Å². The van der Waals surface area contributed by atoms with Crippen LogP contribution in [-0.2, 0) is 20.8 Å². The first-order valence-corrected chi connectivity index (χ1v) is 8.09. The molecule has 23 heavy (non-hydrogen) atoms. The van der Waals surface area contributed by atoms with Crippen LogP contribution in [0.4, 0.5) is 4.79 Å². The normalized spacial score (nSPS) is 20.6. The summed E-state index contributed by atoms with van der Waals surface area (Å²) >= 11 is 5.93. The van der Waals surface area contributed by atoms with Crippen molar-refractivity contribution in [3.63, 3.8) is 0 Å². The lowest BCUT2D eigenvalue weighted by molar-refractivity contribution is -0.142. The van der Waals surface area contributed by atoms with Gasteiger partial charge in [0.2, 0.25) is 0 Å². The van der Waals surface area contributed by atoms with Crippen LogP contribution in [0.15, 0.2) is 18.3 Å². The fourth-order valence-electron chi connectivity index (χ4n) is 2.56. The summed E-state index contributed by atoms with van der Waals surface area (Å²) in [6.45, 7) is 2.15. The van der Waals surface area contributed by atoms with E-state index in [0.29, 0.717) is 17.7 Å². The van der Waals surface area contributed by atoms with E-state index in [2.05, 4.69) is 10.3 Å². The topological polar surface area (TPSA) is 77.5 Å². The van der Waals surface area contributed by atoms with Gasteiger partial charge in [-0.1, -0.05) is 17.7 Å². The molecule has 1 amide bonds. The zero-order valence-corrected chi connectivity index (χ0v) is 13.8. The van der Waals surface area contributed by atoms with E-state index in [1.54, 1.807) is 18.3 Å². The summed E-state index contributed by atoms with van der Waals surface area (Å²) < 4.78 is 10.4. The summed E-state index contributed by atoms with van der Waals surface area (Å²) in [5.74, 6) is 0.104. The summed E-state index contributed by atoms with van der Waals surface area (Å²) in [5, 5.41) is 3.06. The predicted octanol–water partition coefficient (Wildman–Crippen LogP) is 3.08. The van der Waals surface area contributed by atoms with Crippen LogP contribution >= 0.6 is 11.6 Å². The number of ether oxygens (including phenoxy) is 2. The second-order valence-electron chi connectivity index (χ2n) is 5.66. The number of esters is 1. The van der Waals surface area contributed by atoms with Crippen LogP contribution in [0.5, 0.6) is 0 Å². The molecule has 0 aromatic carbocycles. The van der Waals surface area contributed by atoms with Crippen LogP contribution in [-0.4, -0.2) is 29.8 Å². The van der Waals surface area contributed by atoms with Crippen molar-refractivity contribution < 1.29 is 19.1 Å². The molecule has 1 fully saturated rings. The molecule has 0 aliphatic heterocycles. The SMILES string of the molecule is CC(=O)OCC1CCC(OC(=O)NCc2cccnc2Cl)CC1. The second kappa shape index (κ2) is 8.72. The third-order valence-corrected chi connectivity index (χ3v) is 4.19. The maximum Gasteiger partial charge on any atom is 0.407 e. The number of pyridine rings is 1. The monoisotopic (exact) mass is 340 g/mol. The van der Waals surface area contributed by atoms with Crippen LogP contribution in [0, 0.1) is 5.92 Å². The quantitative estimate of drug-likeness (QED) is 0.658. The molecule has 1 heterocycles. The zero-order chi connectivity index (χ0) is 16.7. The molecule has 1 N–H and O–H groups in total. The third-order valence-electron chi connectivity index (χ3n) is 3.85.